The molecule has 6 nitrogen and oxygen atoms in total. The standard InChI is InChI=1S/C16H16N2O4S/c1-2-3-11-4-6-12(7-5-11)18-23(20,21)13-8-9-14-15(10-13)22-16(19)17-14/h4-10,18H,2-3H2,1H3,(H,17,19). The van der Waals surface area contributed by atoms with Gasteiger partial charge in [-0.2, -0.15) is 0 Å². The highest BCUT2D eigenvalue weighted by molar-refractivity contribution is 7.92. The summed E-state index contributed by atoms with van der Waals surface area (Å²) in [5.41, 5.74) is 2.31. The fraction of sp³-hybridized carbons (Fsp3) is 0.188. The van der Waals surface area contributed by atoms with Crippen molar-refractivity contribution < 1.29 is 12.8 Å². The highest BCUT2D eigenvalue weighted by Gasteiger charge is 2.16. The minimum atomic E-state index is -3.75. The molecule has 0 bridgehead atoms. The third-order valence-electron chi connectivity index (χ3n) is 3.45. The van der Waals surface area contributed by atoms with Crippen molar-refractivity contribution in [1.29, 1.82) is 0 Å². The van der Waals surface area contributed by atoms with Gasteiger partial charge in [0.1, 0.15) is 0 Å². The summed E-state index contributed by atoms with van der Waals surface area (Å²) in [5, 5.41) is 0. The van der Waals surface area contributed by atoms with Gasteiger partial charge in [-0.3, -0.25) is 9.71 Å². The van der Waals surface area contributed by atoms with E-state index in [2.05, 4.69) is 16.6 Å². The van der Waals surface area contributed by atoms with E-state index in [0.29, 0.717) is 11.2 Å². The van der Waals surface area contributed by atoms with Crippen LogP contribution in [0.2, 0.25) is 0 Å². The number of H-pyrrole nitrogens is 1. The van der Waals surface area contributed by atoms with Gasteiger partial charge in [-0.15, -0.1) is 0 Å². The van der Waals surface area contributed by atoms with Gasteiger partial charge in [0.05, 0.1) is 10.4 Å². The number of oxazole rings is 1. The molecular weight excluding hydrogens is 316 g/mol. The molecule has 0 saturated carbocycles. The van der Waals surface area contributed by atoms with Gasteiger partial charge in [0.15, 0.2) is 5.58 Å². The van der Waals surface area contributed by atoms with Crippen molar-refractivity contribution in [2.24, 2.45) is 0 Å². The van der Waals surface area contributed by atoms with Crippen LogP contribution >= 0.6 is 0 Å². The van der Waals surface area contributed by atoms with Crippen molar-refractivity contribution in [1.82, 2.24) is 4.98 Å². The number of sulfonamides is 1. The molecule has 23 heavy (non-hydrogen) atoms. The lowest BCUT2D eigenvalue weighted by molar-refractivity contribution is 0.554. The molecule has 0 spiro atoms. The van der Waals surface area contributed by atoms with E-state index in [1.165, 1.54) is 18.2 Å². The normalized spacial score (nSPS) is 11.7. The molecule has 2 N–H and O–H groups in total. The quantitative estimate of drug-likeness (QED) is 0.751. The first-order valence-corrected chi connectivity index (χ1v) is 8.71. The van der Waals surface area contributed by atoms with Crippen LogP contribution in [0.15, 0.2) is 56.6 Å². The molecule has 0 aliphatic rings. The van der Waals surface area contributed by atoms with Gasteiger partial charge in [-0.25, -0.2) is 13.2 Å². The van der Waals surface area contributed by atoms with Gasteiger partial charge in [-0.05, 0) is 36.2 Å². The Balaban J connectivity index is 1.88. The minimum absolute atomic E-state index is 0.0328. The highest BCUT2D eigenvalue weighted by Crippen LogP contribution is 2.20. The summed E-state index contributed by atoms with van der Waals surface area (Å²) in [5.74, 6) is -0.617. The molecule has 0 atom stereocenters. The third kappa shape index (κ3) is 3.29. The van der Waals surface area contributed by atoms with Crippen molar-refractivity contribution in [3.63, 3.8) is 0 Å². The molecule has 0 aliphatic heterocycles. The second-order valence-corrected chi connectivity index (χ2v) is 6.91. The zero-order valence-electron chi connectivity index (χ0n) is 12.5. The second kappa shape index (κ2) is 5.92. The van der Waals surface area contributed by atoms with E-state index < -0.39 is 15.8 Å². The van der Waals surface area contributed by atoms with Gasteiger partial charge in [0, 0.05) is 11.8 Å². The van der Waals surface area contributed by atoms with Crippen molar-refractivity contribution in [2.45, 2.75) is 24.7 Å². The first-order chi connectivity index (χ1) is 11.0. The predicted molar refractivity (Wildman–Crippen MR) is 88.1 cm³/mol. The molecule has 2 aromatic carbocycles. The Morgan fingerprint density at radius 3 is 2.57 bits per heavy atom. The molecule has 3 aromatic rings. The molecule has 120 valence electrons. The number of aromatic amines is 1. The Kier molecular flexibility index (Phi) is 3.96. The van der Waals surface area contributed by atoms with E-state index >= 15 is 0 Å². The van der Waals surface area contributed by atoms with Gasteiger partial charge >= 0.3 is 5.76 Å². The number of fused-ring (bicyclic) bond motifs is 1. The Morgan fingerprint density at radius 2 is 1.87 bits per heavy atom. The van der Waals surface area contributed by atoms with Gasteiger partial charge in [-0.1, -0.05) is 25.5 Å². The summed E-state index contributed by atoms with van der Waals surface area (Å²) in [4.78, 5) is 13.6. The second-order valence-electron chi connectivity index (χ2n) is 5.22. The number of benzene rings is 2. The van der Waals surface area contributed by atoms with Crippen LogP contribution in [0.25, 0.3) is 11.1 Å². The first kappa shape index (κ1) is 15.4. The van der Waals surface area contributed by atoms with Gasteiger partial charge in [0.25, 0.3) is 10.0 Å². The Morgan fingerprint density at radius 1 is 1.13 bits per heavy atom. The third-order valence-corrected chi connectivity index (χ3v) is 4.83. The fourth-order valence-corrected chi connectivity index (χ4v) is 3.41. The number of aromatic nitrogens is 1. The van der Waals surface area contributed by atoms with Crippen LogP contribution in [-0.2, 0) is 16.4 Å². The van der Waals surface area contributed by atoms with Crippen molar-refractivity contribution in [3.05, 3.63) is 58.6 Å². The van der Waals surface area contributed by atoms with E-state index in [-0.39, 0.29) is 10.5 Å². The van der Waals surface area contributed by atoms with Crippen molar-refractivity contribution in [3.8, 4) is 0 Å². The Labute approximate surface area is 133 Å². The van der Waals surface area contributed by atoms with Gasteiger partial charge in [0.2, 0.25) is 0 Å². The summed E-state index contributed by atoms with van der Waals surface area (Å²) < 4.78 is 32.3. The molecule has 3 rings (SSSR count). The lowest BCUT2D eigenvalue weighted by atomic mass is 10.1. The van der Waals surface area contributed by atoms with E-state index in [1.54, 1.807) is 12.1 Å². The number of aryl methyl sites for hydroxylation is 1. The summed E-state index contributed by atoms with van der Waals surface area (Å²) in [6.45, 7) is 2.09. The van der Waals surface area contributed by atoms with Crippen molar-refractivity contribution >= 4 is 26.8 Å². The van der Waals surface area contributed by atoms with Crippen LogP contribution in [0.1, 0.15) is 18.9 Å². The monoisotopic (exact) mass is 332 g/mol. The summed E-state index contributed by atoms with van der Waals surface area (Å²) >= 11 is 0. The molecule has 1 aromatic heterocycles. The lowest BCUT2D eigenvalue weighted by Crippen LogP contribution is -2.12. The average molecular weight is 332 g/mol. The van der Waals surface area contributed by atoms with Crippen LogP contribution in [0.5, 0.6) is 0 Å². The highest BCUT2D eigenvalue weighted by atomic mass is 32.2. The summed E-state index contributed by atoms with van der Waals surface area (Å²) in [7, 11) is -3.75. The van der Waals surface area contributed by atoms with Crippen LogP contribution in [0.3, 0.4) is 0 Å². The zero-order valence-corrected chi connectivity index (χ0v) is 13.3. The number of anilines is 1. The number of rotatable bonds is 5. The molecule has 0 aliphatic carbocycles. The van der Waals surface area contributed by atoms with Crippen LogP contribution in [-0.4, -0.2) is 13.4 Å². The largest absolute Gasteiger partial charge is 0.417 e. The maximum absolute atomic E-state index is 12.4. The summed E-state index contributed by atoms with van der Waals surface area (Å²) in [6.07, 6.45) is 1.99. The number of hydrogen-bond donors (Lipinski definition) is 2. The Bertz CT molecular complexity index is 985. The maximum atomic E-state index is 12.4. The van der Waals surface area contributed by atoms with E-state index in [1.807, 2.05) is 12.1 Å². The molecule has 0 amide bonds. The lowest BCUT2D eigenvalue weighted by Gasteiger charge is -2.08. The molecular formula is C16H16N2O4S. The molecule has 7 heteroatoms. The number of hydrogen-bond acceptors (Lipinski definition) is 4. The minimum Gasteiger partial charge on any atom is -0.408 e. The molecule has 1 heterocycles. The Hall–Kier alpha value is -2.54. The maximum Gasteiger partial charge on any atom is 0.417 e. The first-order valence-electron chi connectivity index (χ1n) is 7.22. The zero-order chi connectivity index (χ0) is 16.4. The smallest absolute Gasteiger partial charge is 0.408 e. The SMILES string of the molecule is CCCc1ccc(NS(=O)(=O)c2ccc3[nH]c(=O)oc3c2)cc1. The van der Waals surface area contributed by atoms with Crippen LogP contribution in [0.4, 0.5) is 5.69 Å². The molecule has 0 fully saturated rings. The van der Waals surface area contributed by atoms with E-state index in [9.17, 15) is 13.2 Å². The average Bonchev–Trinajstić information content (AvgIpc) is 2.88. The molecule has 0 radical (unpaired) electrons. The summed E-state index contributed by atoms with van der Waals surface area (Å²) in [6, 6.07) is 11.5. The van der Waals surface area contributed by atoms with E-state index in [4.69, 9.17) is 4.42 Å². The van der Waals surface area contributed by atoms with Crippen molar-refractivity contribution in [2.75, 3.05) is 4.72 Å². The van der Waals surface area contributed by atoms with E-state index in [0.717, 1.165) is 18.4 Å². The topological polar surface area (TPSA) is 92.2 Å². The molecule has 0 unspecified atom stereocenters. The molecule has 0 saturated heterocycles. The number of nitrogens with one attached hydrogen (secondary N) is 2. The fourth-order valence-electron chi connectivity index (χ4n) is 2.34. The van der Waals surface area contributed by atoms with Gasteiger partial charge < -0.3 is 4.42 Å². The predicted octanol–water partition coefficient (Wildman–Crippen LogP) is 2.87. The van der Waals surface area contributed by atoms with Crippen LogP contribution < -0.4 is 10.5 Å². The van der Waals surface area contributed by atoms with Crippen LogP contribution in [0, 0.1) is 0 Å².